The SMILES string of the molecule is CC(C)(C)OC(=O)CNCc1ccc(NC(=O)c2cc(N(CC3CC3)C3CCCCC3)ncn2)cc1.CCC(NCc1ccc(NC(=O)c2cc(N(CC3CC3)C3CCCCC3)ncn2)cc1)C(=O)OC.CCCN(CC1CC1)c1cc(C(=O)Nc2cc3cc[nH]c3cc2C)ncn1.CCCN(CCC)c1cc(C(=O)Nc2ccc(CC)cc2)ncn1.COCCN(CCOC)c1cc(C(=O)Nc2ccc3[nH]ccc3c2)ncn1. The zero-order valence-corrected chi connectivity index (χ0v) is 88.6. The molecule has 5 aliphatic rings. The molecule has 0 spiro atoms. The molecule has 5 aromatic carbocycles. The number of ether oxygens (including phenoxy) is 4. The molecule has 0 radical (unpaired) electrons. The van der Waals surface area contributed by atoms with Crippen molar-refractivity contribution in [1.29, 1.82) is 0 Å². The number of anilines is 10. The van der Waals surface area contributed by atoms with Crippen LogP contribution in [0.4, 0.5) is 57.5 Å². The number of benzene rings is 5. The first-order chi connectivity index (χ1) is 72.3. The summed E-state index contributed by atoms with van der Waals surface area (Å²) in [5, 5.41) is 23.0. The van der Waals surface area contributed by atoms with E-state index in [-0.39, 0.29) is 54.1 Å². The number of H-pyrrole nitrogens is 2. The fraction of sp³-hybridized carbons (Fsp3) is 0.465. The lowest BCUT2D eigenvalue weighted by atomic mass is 9.94. The number of amides is 5. The van der Waals surface area contributed by atoms with Gasteiger partial charge in [-0.25, -0.2) is 49.8 Å². The van der Waals surface area contributed by atoms with E-state index in [1.807, 2.05) is 179 Å². The molecule has 7 aromatic heterocycles. The van der Waals surface area contributed by atoms with Crippen LogP contribution >= 0.6 is 0 Å². The minimum absolute atomic E-state index is 0.143. The average Bonchev–Trinajstić information content (AvgIpc) is 1.78. The number of carbonyl (C=O) groups is 7. The number of nitrogens with one attached hydrogen (secondary N) is 9. The maximum atomic E-state index is 13.0. The van der Waals surface area contributed by atoms with E-state index in [0.717, 1.165) is 156 Å². The molecular formula is C114H150N24O11. The number of rotatable bonds is 45. The molecule has 1 atom stereocenters. The molecule has 7 heterocycles. The Kier molecular flexibility index (Phi) is 43.0. The van der Waals surface area contributed by atoms with Crippen molar-refractivity contribution >= 4 is 121 Å². The van der Waals surface area contributed by atoms with Gasteiger partial charge in [0.15, 0.2) is 0 Å². The summed E-state index contributed by atoms with van der Waals surface area (Å²) in [6.07, 6.45) is 36.0. The molecule has 5 amide bonds. The van der Waals surface area contributed by atoms with Gasteiger partial charge in [0, 0.05) is 185 Å². The lowest BCUT2D eigenvalue weighted by Crippen LogP contribution is -2.39. The van der Waals surface area contributed by atoms with E-state index >= 15 is 0 Å². The standard InChI is InChI=1S/C28H39N5O3.C27H37N5O3.C21H25N5O.C19H23N5O3.C19H26N4O/c1-28(2,3)36-26(34)17-29-16-20-11-13-22(14-12-20)32-27(35)24-15-25(31-19-30-24)33(18-21-9-10-21)23-7-5-4-6-8-23;1-3-23(27(34)35-2)28-16-19-11-13-21(14-12-19)31-26(33)24-15-25(30-18-29-24)32(17-20-9-10-20)22-7-5-4-6-8-22;1-3-8-26(12-15-4-5-15)20-11-19(23-13-24-20)21(27)25-17-10-16-6-7-22-18(16)9-14(17)2;1-26-9-7-24(8-10-27-2)18-12-17(21-13-22-18)19(25)23-15-3-4-16-14(11-15)5-6-20-16;1-4-11-23(12-5-2)18-13-17(20-14-21-18)19(24)22-16-9-7-15(6-3)8-10-16/h11-15,19,21,23,29H,4-10,16-18H2,1-3H3,(H,32,35);11-15,18,20,22-23,28H,3-10,16-17H2,1-2H3,(H,31,33);6-7,9-11,13,15,22H,3-5,8,12H2,1-2H3,(H,25,27);3-6,11-13,20H,7-10H2,1-2H3,(H,23,25);7-10,13-14H,4-6,11-12H2,1-3H3,(H,22,24). The minimum Gasteiger partial charge on any atom is -0.468 e. The van der Waals surface area contributed by atoms with E-state index in [4.69, 9.17) is 18.9 Å². The van der Waals surface area contributed by atoms with Crippen molar-refractivity contribution in [2.45, 2.75) is 234 Å². The second kappa shape index (κ2) is 57.3. The zero-order valence-electron chi connectivity index (χ0n) is 88.6. The number of methoxy groups -OCH3 is 3. The van der Waals surface area contributed by atoms with Gasteiger partial charge in [-0.2, -0.15) is 0 Å². The van der Waals surface area contributed by atoms with Crippen LogP contribution in [-0.2, 0) is 48.0 Å². The maximum absolute atomic E-state index is 13.0. The molecule has 792 valence electrons. The van der Waals surface area contributed by atoms with Crippen molar-refractivity contribution in [1.82, 2.24) is 70.4 Å². The summed E-state index contributed by atoms with van der Waals surface area (Å²) in [4.78, 5) is 148. The molecule has 5 saturated carbocycles. The van der Waals surface area contributed by atoms with Crippen LogP contribution in [0, 0.1) is 24.7 Å². The second-order valence-corrected chi connectivity index (χ2v) is 39.7. The van der Waals surface area contributed by atoms with Gasteiger partial charge >= 0.3 is 11.9 Å². The van der Waals surface area contributed by atoms with Gasteiger partial charge in [0.25, 0.3) is 29.5 Å². The predicted octanol–water partition coefficient (Wildman–Crippen LogP) is 19.4. The Morgan fingerprint density at radius 3 is 1.20 bits per heavy atom. The van der Waals surface area contributed by atoms with E-state index in [1.165, 1.54) is 147 Å². The topological polar surface area (TPSA) is 417 Å². The van der Waals surface area contributed by atoms with E-state index < -0.39 is 5.60 Å². The lowest BCUT2D eigenvalue weighted by Gasteiger charge is -2.35. The van der Waals surface area contributed by atoms with Crippen molar-refractivity contribution in [3.63, 3.8) is 0 Å². The summed E-state index contributed by atoms with van der Waals surface area (Å²) in [7, 11) is 4.69. The number of aromatic nitrogens is 12. The van der Waals surface area contributed by atoms with E-state index in [9.17, 15) is 33.6 Å². The third-order valence-corrected chi connectivity index (χ3v) is 26.6. The van der Waals surface area contributed by atoms with Crippen LogP contribution in [0.5, 0.6) is 0 Å². The van der Waals surface area contributed by atoms with Crippen LogP contribution in [0.3, 0.4) is 0 Å². The van der Waals surface area contributed by atoms with Gasteiger partial charge in [0.05, 0.1) is 26.9 Å². The minimum atomic E-state index is -0.492. The molecule has 0 bridgehead atoms. The number of esters is 2. The molecule has 5 aliphatic carbocycles. The Labute approximate surface area is 875 Å². The van der Waals surface area contributed by atoms with Gasteiger partial charge in [-0.05, 0) is 243 Å². The summed E-state index contributed by atoms with van der Waals surface area (Å²) in [6.45, 7) is 27.4. The Hall–Kier alpha value is -14.3. The van der Waals surface area contributed by atoms with Gasteiger partial charge < -0.3 is 90.6 Å². The van der Waals surface area contributed by atoms with Crippen LogP contribution < -0.4 is 61.7 Å². The van der Waals surface area contributed by atoms with Gasteiger partial charge in [-0.15, -0.1) is 0 Å². The molecule has 35 nitrogen and oxygen atoms in total. The highest BCUT2D eigenvalue weighted by molar-refractivity contribution is 6.07. The van der Waals surface area contributed by atoms with Crippen molar-refractivity contribution in [2.24, 2.45) is 17.8 Å². The first-order valence-electron chi connectivity index (χ1n) is 52.9. The Bertz CT molecular complexity index is 6240. The number of aromatic amines is 2. The summed E-state index contributed by atoms with van der Waals surface area (Å²) in [6, 6.07) is 46.2. The summed E-state index contributed by atoms with van der Waals surface area (Å²) < 4.78 is 20.4. The van der Waals surface area contributed by atoms with Gasteiger partial charge in [0.1, 0.15) is 101 Å². The number of aryl methyl sites for hydroxylation is 2. The number of hydrogen-bond donors (Lipinski definition) is 9. The maximum Gasteiger partial charge on any atom is 0.322 e. The van der Waals surface area contributed by atoms with Gasteiger partial charge in [0.2, 0.25) is 0 Å². The van der Waals surface area contributed by atoms with Crippen molar-refractivity contribution < 1.29 is 52.5 Å². The Morgan fingerprint density at radius 1 is 0.396 bits per heavy atom. The third kappa shape index (κ3) is 35.8. The summed E-state index contributed by atoms with van der Waals surface area (Å²) >= 11 is 0. The number of hydrogen-bond acceptors (Lipinski definition) is 28. The molecular weight excluding hydrogens is 1880 g/mol. The van der Waals surface area contributed by atoms with Crippen molar-refractivity contribution in [3.05, 3.63) is 240 Å². The van der Waals surface area contributed by atoms with Gasteiger partial charge in [-0.3, -0.25) is 33.6 Å². The molecule has 35 heteroatoms. The average molecular weight is 2030 g/mol. The molecule has 0 saturated heterocycles. The van der Waals surface area contributed by atoms with Crippen LogP contribution in [0.15, 0.2) is 190 Å². The second-order valence-electron chi connectivity index (χ2n) is 39.7. The van der Waals surface area contributed by atoms with Crippen molar-refractivity contribution in [3.8, 4) is 0 Å². The zero-order chi connectivity index (χ0) is 105. The van der Waals surface area contributed by atoms with Crippen LogP contribution in [0.1, 0.15) is 259 Å². The highest BCUT2D eigenvalue weighted by Crippen LogP contribution is 2.38. The highest BCUT2D eigenvalue weighted by Gasteiger charge is 2.34. The third-order valence-electron chi connectivity index (χ3n) is 26.6. The Morgan fingerprint density at radius 2 is 0.779 bits per heavy atom. The van der Waals surface area contributed by atoms with Crippen LogP contribution in [0.25, 0.3) is 21.8 Å². The fourth-order valence-corrected chi connectivity index (χ4v) is 17.9. The lowest BCUT2D eigenvalue weighted by molar-refractivity contribution is -0.153. The smallest absolute Gasteiger partial charge is 0.322 e. The Balaban J connectivity index is 0.000000157. The van der Waals surface area contributed by atoms with Crippen molar-refractivity contribution in [2.75, 3.05) is 145 Å². The molecule has 0 aliphatic heterocycles. The highest BCUT2D eigenvalue weighted by atomic mass is 16.6. The summed E-state index contributed by atoms with van der Waals surface area (Å²) in [5.41, 5.74) is 11.4. The first kappa shape index (κ1) is 112. The quantitative estimate of drug-likeness (QED) is 0.0160. The normalized spacial score (nSPS) is 14.1. The number of fused-ring (bicyclic) bond motifs is 2. The monoisotopic (exact) mass is 2030 g/mol. The predicted molar refractivity (Wildman–Crippen MR) is 588 cm³/mol. The largest absolute Gasteiger partial charge is 0.468 e. The van der Waals surface area contributed by atoms with Crippen LogP contribution in [0.2, 0.25) is 0 Å². The van der Waals surface area contributed by atoms with E-state index in [1.54, 1.807) is 32.4 Å². The van der Waals surface area contributed by atoms with E-state index in [0.29, 0.717) is 109 Å². The van der Waals surface area contributed by atoms with E-state index in [2.05, 4.69) is 144 Å². The van der Waals surface area contributed by atoms with Crippen LogP contribution in [-0.4, -0.2) is 218 Å². The molecule has 1 unspecified atom stereocenters. The first-order valence-corrected chi connectivity index (χ1v) is 52.9. The number of carbonyl (C=O) groups excluding carboxylic acids is 7. The fourth-order valence-electron chi connectivity index (χ4n) is 17.9. The molecule has 5 fully saturated rings. The molecule has 9 N–H and O–H groups in total. The summed E-state index contributed by atoms with van der Waals surface area (Å²) in [5.74, 6) is 4.54. The number of nitrogens with zero attached hydrogens (tertiary/aromatic N) is 15. The molecule has 17 rings (SSSR count). The van der Waals surface area contributed by atoms with Gasteiger partial charge in [-0.1, -0.05) is 110 Å². The molecule has 149 heavy (non-hydrogen) atoms. The molecule has 12 aromatic rings.